The highest BCUT2D eigenvalue weighted by Gasteiger charge is 2.41. The van der Waals surface area contributed by atoms with Gasteiger partial charge in [-0.25, -0.2) is 17.5 Å². The van der Waals surface area contributed by atoms with Crippen LogP contribution < -0.4 is 10.5 Å². The van der Waals surface area contributed by atoms with E-state index in [9.17, 15) is 12.8 Å². The van der Waals surface area contributed by atoms with E-state index in [0.29, 0.717) is 12.1 Å². The third-order valence-electron chi connectivity index (χ3n) is 4.32. The summed E-state index contributed by atoms with van der Waals surface area (Å²) >= 11 is 0. The Balaban J connectivity index is 2.32. The number of aryl methyl sites for hydroxylation is 1. The molecular formula is C14H21FN2O2S. The average molecular weight is 300 g/mol. The molecule has 0 unspecified atom stereocenters. The number of sulfonamides is 1. The molecule has 1 aromatic carbocycles. The summed E-state index contributed by atoms with van der Waals surface area (Å²) in [5.41, 5.74) is 6.26. The van der Waals surface area contributed by atoms with Gasteiger partial charge in [0, 0.05) is 6.54 Å². The molecule has 1 aliphatic rings. The quantitative estimate of drug-likeness (QED) is 0.821. The summed E-state index contributed by atoms with van der Waals surface area (Å²) in [5.74, 6) is -0.578. The highest BCUT2D eigenvalue weighted by atomic mass is 32.2. The molecule has 6 heteroatoms. The maximum atomic E-state index is 13.5. The molecule has 1 aromatic rings. The lowest BCUT2D eigenvalue weighted by molar-refractivity contribution is 0.475. The molecule has 1 saturated carbocycles. The van der Waals surface area contributed by atoms with Gasteiger partial charge in [0.05, 0.1) is 10.6 Å². The van der Waals surface area contributed by atoms with Gasteiger partial charge in [0.2, 0.25) is 10.0 Å². The molecule has 2 rings (SSSR count). The maximum Gasteiger partial charge on any atom is 0.241 e. The molecule has 0 radical (unpaired) electrons. The molecule has 0 heterocycles. The average Bonchev–Trinajstić information content (AvgIpc) is 3.14. The molecular weight excluding hydrogens is 279 g/mol. The molecule has 0 saturated heterocycles. The second-order valence-electron chi connectivity index (χ2n) is 5.72. The van der Waals surface area contributed by atoms with Gasteiger partial charge in [-0.2, -0.15) is 0 Å². The Kier molecular flexibility index (Phi) is 3.81. The monoisotopic (exact) mass is 300 g/mol. The largest absolute Gasteiger partial charge is 0.396 e. The van der Waals surface area contributed by atoms with Crippen LogP contribution in [0, 0.1) is 25.1 Å². The van der Waals surface area contributed by atoms with Gasteiger partial charge < -0.3 is 5.73 Å². The number of benzene rings is 1. The highest BCUT2D eigenvalue weighted by molar-refractivity contribution is 7.89. The summed E-state index contributed by atoms with van der Waals surface area (Å²) in [5, 5.41) is 0. The second-order valence-corrected chi connectivity index (χ2v) is 7.42. The van der Waals surface area contributed by atoms with Crippen molar-refractivity contribution in [2.75, 3.05) is 12.3 Å². The minimum absolute atomic E-state index is 0.100. The van der Waals surface area contributed by atoms with Crippen molar-refractivity contribution in [3.05, 3.63) is 23.0 Å². The minimum atomic E-state index is -3.66. The first-order valence-electron chi connectivity index (χ1n) is 6.77. The van der Waals surface area contributed by atoms with Crippen LogP contribution in [0.15, 0.2) is 11.0 Å². The van der Waals surface area contributed by atoms with Crippen LogP contribution in [0.3, 0.4) is 0 Å². The van der Waals surface area contributed by atoms with Crippen molar-refractivity contribution in [3.8, 4) is 0 Å². The summed E-state index contributed by atoms with van der Waals surface area (Å²) in [7, 11) is -3.66. The molecule has 112 valence electrons. The van der Waals surface area contributed by atoms with E-state index < -0.39 is 15.8 Å². The molecule has 20 heavy (non-hydrogen) atoms. The summed E-state index contributed by atoms with van der Waals surface area (Å²) in [6.07, 6.45) is 3.06. The number of halogens is 1. The Morgan fingerprint density at radius 2 is 2.00 bits per heavy atom. The van der Waals surface area contributed by atoms with Gasteiger partial charge in [-0.3, -0.25) is 0 Å². The van der Waals surface area contributed by atoms with Crippen LogP contribution >= 0.6 is 0 Å². The van der Waals surface area contributed by atoms with E-state index in [1.165, 1.54) is 13.0 Å². The summed E-state index contributed by atoms with van der Waals surface area (Å²) in [6, 6.07) is 1.17. The SMILES string of the molecule is CCC1(CNS(=O)(=O)c2c(C)cc(F)c(N)c2C)CC1. The van der Waals surface area contributed by atoms with Crippen LogP contribution in [0.4, 0.5) is 10.1 Å². The zero-order chi connectivity index (χ0) is 15.1. The van der Waals surface area contributed by atoms with Crippen molar-refractivity contribution in [2.45, 2.75) is 44.9 Å². The molecule has 1 aliphatic carbocycles. The van der Waals surface area contributed by atoms with Gasteiger partial charge in [-0.15, -0.1) is 0 Å². The number of hydrogen-bond acceptors (Lipinski definition) is 3. The van der Waals surface area contributed by atoms with Gasteiger partial charge in [0.15, 0.2) is 0 Å². The van der Waals surface area contributed by atoms with Crippen LogP contribution in [0.25, 0.3) is 0 Å². The maximum absolute atomic E-state index is 13.5. The van der Waals surface area contributed by atoms with Gasteiger partial charge in [0.25, 0.3) is 0 Å². The fourth-order valence-electron chi connectivity index (χ4n) is 2.50. The van der Waals surface area contributed by atoms with Crippen molar-refractivity contribution in [1.29, 1.82) is 0 Å². The fraction of sp³-hybridized carbons (Fsp3) is 0.571. The summed E-state index contributed by atoms with van der Waals surface area (Å²) in [6.45, 7) is 5.61. The molecule has 1 fully saturated rings. The molecule has 3 N–H and O–H groups in total. The number of nitrogens with two attached hydrogens (primary N) is 1. The number of nitrogen functional groups attached to an aromatic ring is 1. The van der Waals surface area contributed by atoms with Crippen molar-refractivity contribution in [2.24, 2.45) is 5.41 Å². The standard InChI is InChI=1S/C14H21FN2O2S/c1-4-14(5-6-14)8-17-20(18,19)13-9(2)7-11(15)12(16)10(13)3/h7,17H,4-6,8,16H2,1-3H3. The third kappa shape index (κ3) is 2.67. The number of nitrogens with one attached hydrogen (secondary N) is 1. The highest BCUT2D eigenvalue weighted by Crippen LogP contribution is 2.48. The van der Waals surface area contributed by atoms with E-state index in [2.05, 4.69) is 11.6 Å². The molecule has 0 aliphatic heterocycles. The van der Waals surface area contributed by atoms with Crippen LogP contribution in [-0.4, -0.2) is 15.0 Å². The third-order valence-corrected chi connectivity index (χ3v) is 6.01. The molecule has 0 aromatic heterocycles. The van der Waals surface area contributed by atoms with E-state index in [0.717, 1.165) is 19.3 Å². The Labute approximate surface area is 119 Å². The smallest absolute Gasteiger partial charge is 0.241 e. The summed E-state index contributed by atoms with van der Waals surface area (Å²) < 4.78 is 41.0. The zero-order valence-corrected chi connectivity index (χ0v) is 12.9. The van der Waals surface area contributed by atoms with E-state index in [4.69, 9.17) is 5.73 Å². The second kappa shape index (κ2) is 5.00. The van der Waals surface area contributed by atoms with Crippen molar-refractivity contribution in [1.82, 2.24) is 4.72 Å². The number of rotatable bonds is 5. The van der Waals surface area contributed by atoms with Crippen molar-refractivity contribution < 1.29 is 12.8 Å². The predicted octanol–water partition coefficient (Wildman–Crippen LogP) is 2.49. The Morgan fingerprint density at radius 3 is 2.50 bits per heavy atom. The molecule has 0 atom stereocenters. The van der Waals surface area contributed by atoms with Crippen LogP contribution in [-0.2, 0) is 10.0 Å². The topological polar surface area (TPSA) is 72.2 Å². The van der Waals surface area contributed by atoms with E-state index in [1.54, 1.807) is 6.92 Å². The van der Waals surface area contributed by atoms with Gasteiger partial charge in [0.1, 0.15) is 5.82 Å². The molecule has 0 spiro atoms. The van der Waals surface area contributed by atoms with Crippen LogP contribution in [0.1, 0.15) is 37.3 Å². The normalized spacial score (nSPS) is 17.2. The van der Waals surface area contributed by atoms with Gasteiger partial charge in [-0.05, 0) is 55.7 Å². The van der Waals surface area contributed by atoms with Crippen molar-refractivity contribution >= 4 is 15.7 Å². The first-order valence-corrected chi connectivity index (χ1v) is 8.25. The zero-order valence-electron chi connectivity index (χ0n) is 12.1. The van der Waals surface area contributed by atoms with E-state index in [1.807, 2.05) is 0 Å². The Morgan fingerprint density at radius 1 is 1.40 bits per heavy atom. The van der Waals surface area contributed by atoms with Gasteiger partial charge in [-0.1, -0.05) is 6.92 Å². The molecule has 0 amide bonds. The molecule has 4 nitrogen and oxygen atoms in total. The Hall–Kier alpha value is -1.14. The lowest BCUT2D eigenvalue weighted by Gasteiger charge is -2.17. The van der Waals surface area contributed by atoms with Crippen LogP contribution in [0.5, 0.6) is 0 Å². The van der Waals surface area contributed by atoms with E-state index >= 15 is 0 Å². The Bertz CT molecular complexity index is 637. The lowest BCUT2D eigenvalue weighted by atomic mass is 10.1. The van der Waals surface area contributed by atoms with Crippen molar-refractivity contribution in [3.63, 3.8) is 0 Å². The fourth-order valence-corrected chi connectivity index (χ4v) is 4.13. The molecule has 0 bridgehead atoms. The summed E-state index contributed by atoms with van der Waals surface area (Å²) in [4.78, 5) is 0.100. The van der Waals surface area contributed by atoms with Gasteiger partial charge >= 0.3 is 0 Å². The predicted molar refractivity (Wildman–Crippen MR) is 77.4 cm³/mol. The number of anilines is 1. The van der Waals surface area contributed by atoms with Crippen LogP contribution in [0.2, 0.25) is 0 Å². The lowest BCUT2D eigenvalue weighted by Crippen LogP contribution is -2.31. The number of hydrogen-bond donors (Lipinski definition) is 2. The minimum Gasteiger partial charge on any atom is -0.396 e. The first-order chi connectivity index (χ1) is 9.22. The first kappa shape index (κ1) is 15.3. The van der Waals surface area contributed by atoms with E-state index in [-0.39, 0.29) is 21.6 Å².